The maximum absolute atomic E-state index is 12.0. The molecule has 0 saturated heterocycles. The first-order valence-corrected chi connectivity index (χ1v) is 8.09. The molecule has 26 heavy (non-hydrogen) atoms. The Morgan fingerprint density at radius 2 is 1.88 bits per heavy atom. The quantitative estimate of drug-likeness (QED) is 0.735. The van der Waals surface area contributed by atoms with Gasteiger partial charge in [-0.05, 0) is 30.5 Å². The number of primary amides is 1. The number of rotatable bonds is 4. The van der Waals surface area contributed by atoms with Crippen LogP contribution in [-0.2, 0) is 11.2 Å². The van der Waals surface area contributed by atoms with Crippen molar-refractivity contribution in [1.29, 1.82) is 0 Å². The standard InChI is InChI=1S/C18H20N6O2/c1-9-10(2)12(6-5-11(9)7-13(25)24(3)4)15-14-16(17(19)26)22-23-18(14)21-8-20-15/h5-6,8H,7H2,1-4H3,(H2,19,26)(H,20,21,22,23). The molecule has 1 aromatic carbocycles. The Labute approximate surface area is 150 Å². The molecule has 0 aliphatic heterocycles. The van der Waals surface area contributed by atoms with E-state index in [4.69, 9.17) is 5.73 Å². The molecule has 0 fully saturated rings. The third kappa shape index (κ3) is 2.90. The molecule has 0 saturated carbocycles. The summed E-state index contributed by atoms with van der Waals surface area (Å²) in [4.78, 5) is 33.8. The highest BCUT2D eigenvalue weighted by Gasteiger charge is 2.20. The van der Waals surface area contributed by atoms with Crippen LogP contribution in [-0.4, -0.2) is 51.0 Å². The fourth-order valence-electron chi connectivity index (χ4n) is 2.88. The largest absolute Gasteiger partial charge is 0.364 e. The second kappa shape index (κ2) is 6.55. The Morgan fingerprint density at radius 3 is 2.54 bits per heavy atom. The van der Waals surface area contributed by atoms with Gasteiger partial charge in [0, 0.05) is 19.7 Å². The van der Waals surface area contributed by atoms with E-state index in [1.54, 1.807) is 19.0 Å². The van der Waals surface area contributed by atoms with Crippen LogP contribution in [0.5, 0.6) is 0 Å². The van der Waals surface area contributed by atoms with Gasteiger partial charge in [-0.3, -0.25) is 14.7 Å². The molecule has 8 nitrogen and oxygen atoms in total. The Kier molecular flexibility index (Phi) is 4.41. The third-order valence-electron chi connectivity index (χ3n) is 4.59. The van der Waals surface area contributed by atoms with Gasteiger partial charge in [-0.2, -0.15) is 5.10 Å². The van der Waals surface area contributed by atoms with Crippen LogP contribution in [0.4, 0.5) is 0 Å². The van der Waals surface area contributed by atoms with Gasteiger partial charge in [0.1, 0.15) is 12.0 Å². The fraction of sp³-hybridized carbons (Fsp3) is 0.278. The molecule has 3 rings (SSSR count). The highest BCUT2D eigenvalue weighted by atomic mass is 16.2. The minimum Gasteiger partial charge on any atom is -0.364 e. The Balaban J connectivity index is 2.15. The molecule has 3 aromatic rings. The molecular formula is C18H20N6O2. The number of fused-ring (bicyclic) bond motifs is 1. The van der Waals surface area contributed by atoms with Crippen molar-refractivity contribution in [3.05, 3.63) is 40.8 Å². The molecule has 0 aliphatic rings. The minimum atomic E-state index is -0.619. The van der Waals surface area contributed by atoms with Crippen molar-refractivity contribution in [3.63, 3.8) is 0 Å². The average Bonchev–Trinajstić information content (AvgIpc) is 3.03. The zero-order valence-corrected chi connectivity index (χ0v) is 15.1. The van der Waals surface area contributed by atoms with Crippen molar-refractivity contribution in [2.45, 2.75) is 20.3 Å². The minimum absolute atomic E-state index is 0.0375. The van der Waals surface area contributed by atoms with Gasteiger partial charge in [0.15, 0.2) is 5.65 Å². The van der Waals surface area contributed by atoms with Gasteiger partial charge < -0.3 is 10.6 Å². The van der Waals surface area contributed by atoms with E-state index in [2.05, 4.69) is 20.2 Å². The number of aromatic nitrogens is 4. The van der Waals surface area contributed by atoms with Crippen LogP contribution in [0, 0.1) is 13.8 Å². The van der Waals surface area contributed by atoms with Gasteiger partial charge in [0.05, 0.1) is 17.5 Å². The predicted octanol–water partition coefficient (Wildman–Crippen LogP) is 1.37. The first kappa shape index (κ1) is 17.5. The van der Waals surface area contributed by atoms with Crippen molar-refractivity contribution in [1.82, 2.24) is 25.1 Å². The second-order valence-corrected chi connectivity index (χ2v) is 6.37. The van der Waals surface area contributed by atoms with Crippen molar-refractivity contribution in [2.75, 3.05) is 14.1 Å². The number of carbonyl (C=O) groups excluding carboxylic acids is 2. The molecule has 0 atom stereocenters. The van der Waals surface area contributed by atoms with E-state index in [1.807, 2.05) is 26.0 Å². The lowest BCUT2D eigenvalue weighted by molar-refractivity contribution is -0.127. The number of H-pyrrole nitrogens is 1. The normalized spacial score (nSPS) is 10.9. The molecule has 0 unspecified atom stereocenters. The summed E-state index contributed by atoms with van der Waals surface area (Å²) in [6, 6.07) is 3.82. The van der Waals surface area contributed by atoms with Crippen molar-refractivity contribution in [3.8, 4) is 11.3 Å². The summed E-state index contributed by atoms with van der Waals surface area (Å²) in [5.74, 6) is -0.582. The van der Waals surface area contributed by atoms with Crippen LogP contribution in [0.15, 0.2) is 18.5 Å². The van der Waals surface area contributed by atoms with Crippen LogP contribution in [0.2, 0.25) is 0 Å². The monoisotopic (exact) mass is 352 g/mol. The molecule has 0 bridgehead atoms. The van der Waals surface area contributed by atoms with Crippen LogP contribution >= 0.6 is 0 Å². The molecular weight excluding hydrogens is 332 g/mol. The van der Waals surface area contributed by atoms with Gasteiger partial charge in [0.25, 0.3) is 5.91 Å². The molecule has 2 heterocycles. The highest BCUT2D eigenvalue weighted by Crippen LogP contribution is 2.31. The van der Waals surface area contributed by atoms with Gasteiger partial charge in [0.2, 0.25) is 5.91 Å². The van der Waals surface area contributed by atoms with Crippen LogP contribution in [0.25, 0.3) is 22.3 Å². The molecule has 134 valence electrons. The smallest absolute Gasteiger partial charge is 0.267 e. The van der Waals surface area contributed by atoms with Crippen molar-refractivity contribution in [2.24, 2.45) is 5.73 Å². The van der Waals surface area contributed by atoms with Crippen molar-refractivity contribution >= 4 is 22.8 Å². The predicted molar refractivity (Wildman–Crippen MR) is 97.5 cm³/mol. The number of nitrogens with two attached hydrogens (primary N) is 1. The van der Waals surface area contributed by atoms with Crippen molar-refractivity contribution < 1.29 is 9.59 Å². The van der Waals surface area contributed by atoms with E-state index in [9.17, 15) is 9.59 Å². The van der Waals surface area contributed by atoms with Crippen LogP contribution < -0.4 is 5.73 Å². The van der Waals surface area contributed by atoms with Gasteiger partial charge >= 0.3 is 0 Å². The van der Waals surface area contributed by atoms with E-state index < -0.39 is 5.91 Å². The van der Waals surface area contributed by atoms with E-state index in [1.165, 1.54) is 6.33 Å². The summed E-state index contributed by atoms with van der Waals surface area (Å²) in [6.07, 6.45) is 1.74. The maximum Gasteiger partial charge on any atom is 0.267 e. The maximum atomic E-state index is 12.0. The number of nitrogens with one attached hydrogen (secondary N) is 1. The lowest BCUT2D eigenvalue weighted by atomic mass is 9.93. The number of hydrogen-bond acceptors (Lipinski definition) is 5. The van der Waals surface area contributed by atoms with Gasteiger partial charge in [-0.1, -0.05) is 12.1 Å². The summed E-state index contributed by atoms with van der Waals surface area (Å²) in [5.41, 5.74) is 10.4. The number of carbonyl (C=O) groups is 2. The zero-order chi connectivity index (χ0) is 19.0. The Bertz CT molecular complexity index is 1020. The average molecular weight is 352 g/mol. The molecule has 2 aromatic heterocycles. The van der Waals surface area contributed by atoms with Crippen LogP contribution in [0.3, 0.4) is 0 Å². The summed E-state index contributed by atoms with van der Waals surface area (Å²) < 4.78 is 0. The summed E-state index contributed by atoms with van der Waals surface area (Å²) in [5, 5.41) is 7.16. The van der Waals surface area contributed by atoms with Crippen LogP contribution in [0.1, 0.15) is 27.2 Å². The Morgan fingerprint density at radius 1 is 1.15 bits per heavy atom. The number of nitrogens with zero attached hydrogens (tertiary/aromatic N) is 4. The first-order valence-electron chi connectivity index (χ1n) is 8.09. The summed E-state index contributed by atoms with van der Waals surface area (Å²) >= 11 is 0. The topological polar surface area (TPSA) is 118 Å². The summed E-state index contributed by atoms with van der Waals surface area (Å²) in [6.45, 7) is 3.94. The lowest BCUT2D eigenvalue weighted by Crippen LogP contribution is -2.23. The molecule has 2 amide bonds. The number of amides is 2. The SMILES string of the molecule is Cc1c(CC(=O)N(C)C)ccc(-c2ncnc3n[nH]c(C(N)=O)c23)c1C. The number of aromatic amines is 1. The highest BCUT2D eigenvalue weighted by molar-refractivity contribution is 6.08. The number of likely N-dealkylation sites (N-methyl/N-ethyl adjacent to an activating group) is 1. The van der Waals surface area contributed by atoms with Gasteiger partial charge in [-0.25, -0.2) is 9.97 Å². The molecule has 3 N–H and O–H groups in total. The first-order chi connectivity index (χ1) is 12.3. The summed E-state index contributed by atoms with van der Waals surface area (Å²) in [7, 11) is 3.47. The van der Waals surface area contributed by atoms with E-state index in [0.717, 1.165) is 22.3 Å². The third-order valence-corrected chi connectivity index (χ3v) is 4.59. The molecule has 0 radical (unpaired) electrons. The van der Waals surface area contributed by atoms with E-state index in [-0.39, 0.29) is 11.6 Å². The van der Waals surface area contributed by atoms with Gasteiger partial charge in [-0.15, -0.1) is 0 Å². The molecule has 0 spiro atoms. The number of hydrogen-bond donors (Lipinski definition) is 2. The molecule has 0 aliphatic carbocycles. The number of benzene rings is 1. The van der Waals surface area contributed by atoms with E-state index in [0.29, 0.717) is 23.1 Å². The molecule has 8 heteroatoms. The fourth-order valence-corrected chi connectivity index (χ4v) is 2.88. The Hall–Kier alpha value is -3.29. The van der Waals surface area contributed by atoms with E-state index >= 15 is 0 Å². The zero-order valence-electron chi connectivity index (χ0n) is 15.1. The second-order valence-electron chi connectivity index (χ2n) is 6.37. The lowest BCUT2D eigenvalue weighted by Gasteiger charge is -2.15.